The van der Waals surface area contributed by atoms with Crippen molar-refractivity contribution in [2.75, 3.05) is 0 Å². The molecule has 1 rings (SSSR count). The molecule has 0 heterocycles. The van der Waals surface area contributed by atoms with E-state index in [0.717, 1.165) is 12.0 Å². The Hall–Kier alpha value is -0.000000000000000139. The van der Waals surface area contributed by atoms with Gasteiger partial charge in [-0.3, -0.25) is 4.55 Å². The first-order valence-electron chi connectivity index (χ1n) is 4.89. The molecule has 0 amide bonds. The first-order valence-corrected chi connectivity index (χ1v) is 9.25. The first kappa shape index (κ1) is 17.0. The Morgan fingerprint density at radius 1 is 1.29 bits per heavy atom. The van der Waals surface area contributed by atoms with Gasteiger partial charge in [0.1, 0.15) is 0 Å². The van der Waals surface area contributed by atoms with Gasteiger partial charge in [0.25, 0.3) is 10.1 Å². The predicted molar refractivity (Wildman–Crippen MR) is 76.6 cm³/mol. The Labute approximate surface area is 114 Å². The van der Waals surface area contributed by atoms with Gasteiger partial charge in [-0.2, -0.15) is 8.42 Å². The van der Waals surface area contributed by atoms with Gasteiger partial charge in [-0.1, -0.05) is 26.0 Å². The molecule has 0 saturated carbocycles. The maximum absolute atomic E-state index is 10.7. The van der Waals surface area contributed by atoms with Gasteiger partial charge in [-0.05, 0) is 30.0 Å². The molecule has 0 radical (unpaired) electrons. The summed E-state index contributed by atoms with van der Waals surface area (Å²) < 4.78 is 30.2. The maximum atomic E-state index is 10.7. The molecule has 1 aromatic carbocycles. The first-order chi connectivity index (χ1) is 7.86. The number of benzene rings is 1. The molecule has 0 spiro atoms. The van der Waals surface area contributed by atoms with Crippen molar-refractivity contribution >= 4 is 39.9 Å². The van der Waals surface area contributed by atoms with E-state index < -0.39 is 10.1 Å². The minimum absolute atomic E-state index is 0.0513. The van der Waals surface area contributed by atoms with Gasteiger partial charge in [-0.15, -0.1) is 0 Å². The zero-order chi connectivity index (χ0) is 13.5. The molecule has 94 valence electrons. The van der Waals surface area contributed by atoms with E-state index in [1.165, 1.54) is 12.1 Å². The fourth-order valence-corrected chi connectivity index (χ4v) is 1.68. The second-order valence-corrected chi connectivity index (χ2v) is 6.79. The van der Waals surface area contributed by atoms with Crippen LogP contribution in [0.5, 0.6) is 0 Å². The standard InChI is InChI=1S/C10H14O3S.PS2/c1-3-8(2)9-4-6-10(7-5-9)14(11,12)13;2-1-3/h4-8H,3H2,1-2H3,(H,11,12,13);/q;+1. The summed E-state index contributed by atoms with van der Waals surface area (Å²) >= 11 is 8.36. The van der Waals surface area contributed by atoms with E-state index in [-0.39, 0.29) is 4.90 Å². The fraction of sp³-hybridized carbons (Fsp3) is 0.400. The van der Waals surface area contributed by atoms with Crippen molar-refractivity contribution < 1.29 is 13.0 Å². The SMILES string of the molecule is CCC(C)c1ccc(S(=O)(=O)O)cc1.S=[P+]=S. The Balaban J connectivity index is 0.000000770. The summed E-state index contributed by atoms with van der Waals surface area (Å²) in [7, 11) is -4.05. The molecule has 0 aromatic heterocycles. The van der Waals surface area contributed by atoms with Gasteiger partial charge in [0.05, 0.1) is 4.90 Å². The number of hydrogen-bond donors (Lipinski definition) is 1. The van der Waals surface area contributed by atoms with Crippen LogP contribution in [0.15, 0.2) is 29.2 Å². The molecule has 0 aliphatic heterocycles. The van der Waals surface area contributed by atoms with Gasteiger partial charge in [0.15, 0.2) is 0 Å². The van der Waals surface area contributed by atoms with E-state index in [9.17, 15) is 8.42 Å². The molecule has 0 aliphatic carbocycles. The van der Waals surface area contributed by atoms with Crippen LogP contribution in [0, 0.1) is 0 Å². The number of rotatable bonds is 3. The van der Waals surface area contributed by atoms with E-state index >= 15 is 0 Å². The molecule has 1 N–H and O–H groups in total. The molecule has 0 aliphatic rings. The predicted octanol–water partition coefficient (Wildman–Crippen LogP) is 3.30. The molecule has 7 heteroatoms. The van der Waals surface area contributed by atoms with Crippen LogP contribution in [0.3, 0.4) is 0 Å². The van der Waals surface area contributed by atoms with E-state index in [1.807, 2.05) is 0 Å². The van der Waals surface area contributed by atoms with E-state index in [0.29, 0.717) is 12.0 Å². The third-order valence-electron chi connectivity index (χ3n) is 2.36. The van der Waals surface area contributed by atoms with Gasteiger partial charge >= 0.3 is 29.7 Å². The second-order valence-electron chi connectivity index (χ2n) is 3.43. The van der Waals surface area contributed by atoms with Crippen molar-refractivity contribution in [2.24, 2.45) is 0 Å². The van der Waals surface area contributed by atoms with Crippen LogP contribution in [0.4, 0.5) is 0 Å². The summed E-state index contributed by atoms with van der Waals surface area (Å²) in [6, 6.07) is 6.32. The van der Waals surface area contributed by atoms with Crippen LogP contribution in [-0.2, 0) is 33.7 Å². The van der Waals surface area contributed by atoms with Crippen LogP contribution in [0.25, 0.3) is 0 Å². The summed E-state index contributed by atoms with van der Waals surface area (Å²) in [5.74, 6) is 0.408. The molecule has 0 fully saturated rings. The Morgan fingerprint density at radius 2 is 1.71 bits per heavy atom. The molecular weight excluding hydrogens is 295 g/mol. The van der Waals surface area contributed by atoms with E-state index in [2.05, 4.69) is 37.5 Å². The van der Waals surface area contributed by atoms with Crippen LogP contribution in [0.1, 0.15) is 31.7 Å². The summed E-state index contributed by atoms with van der Waals surface area (Å²) in [5.41, 5.74) is 1.08. The monoisotopic (exact) mass is 309 g/mol. The van der Waals surface area contributed by atoms with E-state index in [4.69, 9.17) is 4.55 Å². The van der Waals surface area contributed by atoms with Gasteiger partial charge < -0.3 is 0 Å². The average molecular weight is 309 g/mol. The summed E-state index contributed by atoms with van der Waals surface area (Å²) in [6.07, 6.45) is 1.59. The van der Waals surface area contributed by atoms with Crippen molar-refractivity contribution in [1.29, 1.82) is 0 Å². The third-order valence-corrected chi connectivity index (χ3v) is 3.23. The summed E-state index contributed by atoms with van der Waals surface area (Å²) in [4.78, 5) is -0.0513. The summed E-state index contributed by atoms with van der Waals surface area (Å²) in [6.45, 7) is 4.14. The molecule has 3 nitrogen and oxygen atoms in total. The molecule has 1 atom stereocenters. The van der Waals surface area contributed by atoms with Crippen LogP contribution in [0.2, 0.25) is 0 Å². The van der Waals surface area contributed by atoms with Crippen molar-refractivity contribution in [3.05, 3.63) is 29.8 Å². The van der Waals surface area contributed by atoms with Gasteiger partial charge in [-0.25, -0.2) is 0 Å². The van der Waals surface area contributed by atoms with Crippen LogP contribution < -0.4 is 0 Å². The molecule has 1 aromatic rings. The topological polar surface area (TPSA) is 54.4 Å². The quantitative estimate of drug-likeness (QED) is 0.686. The molecule has 17 heavy (non-hydrogen) atoms. The second kappa shape index (κ2) is 8.16. The zero-order valence-electron chi connectivity index (χ0n) is 9.53. The van der Waals surface area contributed by atoms with Crippen LogP contribution >= 0.6 is 6.13 Å². The van der Waals surface area contributed by atoms with Crippen molar-refractivity contribution in [1.82, 2.24) is 0 Å². The molecule has 0 bridgehead atoms. The van der Waals surface area contributed by atoms with Crippen molar-refractivity contribution in [3.63, 3.8) is 0 Å². The Bertz CT molecular complexity index is 476. The molecule has 0 saturated heterocycles. The van der Waals surface area contributed by atoms with E-state index in [1.54, 1.807) is 12.1 Å². The summed E-state index contributed by atoms with van der Waals surface area (Å²) in [5, 5.41) is 0. The molecular formula is C10H14O3PS3+. The number of hydrogen-bond acceptors (Lipinski definition) is 4. The van der Waals surface area contributed by atoms with Gasteiger partial charge in [0.2, 0.25) is 0 Å². The molecule has 1 unspecified atom stereocenters. The van der Waals surface area contributed by atoms with Crippen LogP contribution in [-0.4, -0.2) is 13.0 Å². The normalized spacial score (nSPS) is 11.9. The van der Waals surface area contributed by atoms with Crippen molar-refractivity contribution in [2.45, 2.75) is 31.1 Å². The zero-order valence-corrected chi connectivity index (χ0v) is 12.9. The average Bonchev–Trinajstić information content (AvgIpc) is 2.28. The fourth-order valence-electron chi connectivity index (χ4n) is 1.20. The Kier molecular flexibility index (Phi) is 8.16. The minimum atomic E-state index is -4.05. The Morgan fingerprint density at radius 3 is 2.00 bits per heavy atom. The van der Waals surface area contributed by atoms with Crippen molar-refractivity contribution in [3.8, 4) is 0 Å². The third kappa shape index (κ3) is 6.48. The van der Waals surface area contributed by atoms with Gasteiger partial charge in [0, 0.05) is 0 Å².